The van der Waals surface area contributed by atoms with E-state index in [1.807, 2.05) is 0 Å². The number of hydrogen-bond donors (Lipinski definition) is 1. The van der Waals surface area contributed by atoms with Crippen LogP contribution in [0.3, 0.4) is 0 Å². The number of hydrogen-bond acceptors (Lipinski definition) is 5. The van der Waals surface area contributed by atoms with Crippen molar-refractivity contribution in [3.05, 3.63) is 23.8 Å². The molecule has 6 heteroatoms. The number of fused-ring (bicyclic) bond motifs is 7. The van der Waals surface area contributed by atoms with E-state index >= 15 is 0 Å². The summed E-state index contributed by atoms with van der Waals surface area (Å²) in [5, 5.41) is 9.03. The fourth-order valence-electron chi connectivity index (χ4n) is 10.2. The predicted octanol–water partition coefficient (Wildman–Crippen LogP) is 6.30. The number of carbonyl (C=O) groups excluding carboxylic acids is 1. The van der Waals surface area contributed by atoms with Gasteiger partial charge in [0.05, 0.1) is 19.1 Å². The normalized spacial score (nSPS) is 49.3. The number of carboxylic acid groups (broad SMARTS) is 1. The predicted molar refractivity (Wildman–Crippen MR) is 143 cm³/mol. The van der Waals surface area contributed by atoms with Crippen molar-refractivity contribution in [3.8, 4) is 0 Å². The SMILES string of the molecule is C=C(CC(=O)O[C@H]1CC[C@@]2(C)C(=CC[C@H]3[C@@H]4C[C@@H]5O[C@]6(CC[C@@H](C)CO6)[C@@H](C)[C@@H]5[C@@]4(C)CC[C@@H]32)C1)C(=O)O. The van der Waals surface area contributed by atoms with Gasteiger partial charge in [0, 0.05) is 24.3 Å². The topological polar surface area (TPSA) is 82.1 Å². The van der Waals surface area contributed by atoms with Gasteiger partial charge in [0.15, 0.2) is 5.79 Å². The third-order valence-electron chi connectivity index (χ3n) is 12.3. The fourth-order valence-corrected chi connectivity index (χ4v) is 10.2. The van der Waals surface area contributed by atoms with Gasteiger partial charge in [-0.2, -0.15) is 0 Å². The second-order valence-corrected chi connectivity index (χ2v) is 14.2. The number of rotatable bonds is 4. The van der Waals surface area contributed by atoms with Gasteiger partial charge in [-0.25, -0.2) is 4.79 Å². The molecule has 210 valence electrons. The number of carboxylic acids is 1. The van der Waals surface area contributed by atoms with Gasteiger partial charge in [-0.05, 0) is 85.4 Å². The van der Waals surface area contributed by atoms with Crippen LogP contribution in [0.4, 0.5) is 0 Å². The molecule has 0 aromatic rings. The summed E-state index contributed by atoms with van der Waals surface area (Å²) < 4.78 is 19.1. The molecule has 0 aromatic carbocycles. The molecule has 6 aliphatic rings. The maximum absolute atomic E-state index is 12.3. The highest BCUT2D eigenvalue weighted by atomic mass is 16.7. The molecule has 1 spiro atoms. The molecule has 11 atom stereocenters. The van der Waals surface area contributed by atoms with Crippen molar-refractivity contribution in [2.75, 3.05) is 6.61 Å². The Morgan fingerprint density at radius 3 is 2.63 bits per heavy atom. The van der Waals surface area contributed by atoms with Gasteiger partial charge >= 0.3 is 11.9 Å². The lowest BCUT2D eigenvalue weighted by Crippen LogP contribution is -2.52. The molecular weight excluding hydrogens is 480 g/mol. The van der Waals surface area contributed by atoms with Gasteiger partial charge in [0.25, 0.3) is 0 Å². The third-order valence-corrected chi connectivity index (χ3v) is 12.3. The molecule has 0 unspecified atom stereocenters. The van der Waals surface area contributed by atoms with Gasteiger partial charge in [0.2, 0.25) is 0 Å². The highest BCUT2D eigenvalue weighted by molar-refractivity contribution is 5.91. The number of ether oxygens (including phenoxy) is 3. The summed E-state index contributed by atoms with van der Waals surface area (Å²) in [5.74, 6) is 1.71. The Hall–Kier alpha value is -1.66. The van der Waals surface area contributed by atoms with Crippen molar-refractivity contribution in [2.45, 2.75) is 110 Å². The van der Waals surface area contributed by atoms with Crippen LogP contribution < -0.4 is 0 Å². The highest BCUT2D eigenvalue weighted by Crippen LogP contribution is 2.70. The molecule has 1 N–H and O–H groups in total. The Balaban J connectivity index is 1.16. The highest BCUT2D eigenvalue weighted by Gasteiger charge is 2.68. The van der Waals surface area contributed by atoms with Gasteiger partial charge in [-0.15, -0.1) is 0 Å². The van der Waals surface area contributed by atoms with E-state index < -0.39 is 11.9 Å². The minimum atomic E-state index is -1.14. The van der Waals surface area contributed by atoms with Gasteiger partial charge < -0.3 is 19.3 Å². The smallest absolute Gasteiger partial charge is 0.331 e. The number of allylic oxidation sites excluding steroid dienone is 1. The van der Waals surface area contributed by atoms with Gasteiger partial charge in [-0.3, -0.25) is 4.79 Å². The van der Waals surface area contributed by atoms with E-state index in [1.165, 1.54) is 31.3 Å². The molecule has 6 rings (SSSR count). The standard InChI is InChI=1S/C32H46O6/c1-18-8-13-32(36-17-18)20(3)28-26(38-32)16-25-23-7-6-21-15-22(37-27(33)14-19(2)29(34)35)9-11-30(21,4)24(23)10-12-31(25,28)5/h6,18,20,22-26,28H,2,7-17H2,1,3-5H3,(H,34,35)/t18-,20+,22+,23-,24+,25+,26+,28+,30+,31+,32-/m1/s1. The van der Waals surface area contributed by atoms with Crippen LogP contribution in [0.5, 0.6) is 0 Å². The summed E-state index contributed by atoms with van der Waals surface area (Å²) in [6.45, 7) is 14.0. The van der Waals surface area contributed by atoms with E-state index in [4.69, 9.17) is 19.3 Å². The van der Waals surface area contributed by atoms with Crippen LogP contribution in [0.2, 0.25) is 0 Å². The van der Waals surface area contributed by atoms with E-state index in [0.29, 0.717) is 47.0 Å². The molecule has 0 amide bonds. The molecule has 2 heterocycles. The van der Waals surface area contributed by atoms with E-state index in [9.17, 15) is 9.59 Å². The molecule has 0 aromatic heterocycles. The molecule has 6 nitrogen and oxygen atoms in total. The largest absolute Gasteiger partial charge is 0.478 e. The van der Waals surface area contributed by atoms with Crippen molar-refractivity contribution < 1.29 is 28.9 Å². The van der Waals surface area contributed by atoms with Crippen LogP contribution >= 0.6 is 0 Å². The maximum atomic E-state index is 12.3. The Morgan fingerprint density at radius 2 is 1.92 bits per heavy atom. The quantitative estimate of drug-likeness (QED) is 0.263. The third kappa shape index (κ3) is 3.95. The molecule has 38 heavy (non-hydrogen) atoms. The van der Waals surface area contributed by atoms with Crippen LogP contribution in [0.1, 0.15) is 91.9 Å². The van der Waals surface area contributed by atoms with Crippen LogP contribution in [-0.4, -0.2) is 41.6 Å². The van der Waals surface area contributed by atoms with E-state index in [0.717, 1.165) is 38.7 Å². The summed E-state index contributed by atoms with van der Waals surface area (Å²) >= 11 is 0. The first-order valence-corrected chi connectivity index (χ1v) is 15.1. The van der Waals surface area contributed by atoms with E-state index in [-0.39, 0.29) is 29.3 Å². The number of esters is 1. The van der Waals surface area contributed by atoms with Crippen LogP contribution in [0.25, 0.3) is 0 Å². The summed E-state index contributed by atoms with van der Waals surface area (Å²) in [6.07, 6.45) is 12.1. The lowest BCUT2D eigenvalue weighted by molar-refractivity contribution is -0.272. The second-order valence-electron chi connectivity index (χ2n) is 14.2. The molecule has 2 saturated heterocycles. The van der Waals surface area contributed by atoms with Crippen molar-refractivity contribution in [1.29, 1.82) is 0 Å². The van der Waals surface area contributed by atoms with Crippen LogP contribution in [-0.2, 0) is 23.8 Å². The second kappa shape index (κ2) is 9.19. The summed E-state index contributed by atoms with van der Waals surface area (Å²) in [7, 11) is 0. The average Bonchev–Trinajstić information content (AvgIpc) is 3.31. The lowest BCUT2D eigenvalue weighted by Gasteiger charge is -2.58. The van der Waals surface area contributed by atoms with Crippen molar-refractivity contribution in [1.82, 2.24) is 0 Å². The van der Waals surface area contributed by atoms with Gasteiger partial charge in [-0.1, -0.05) is 45.9 Å². The Bertz CT molecular complexity index is 1040. The van der Waals surface area contributed by atoms with Gasteiger partial charge in [0.1, 0.15) is 6.10 Å². The van der Waals surface area contributed by atoms with Crippen LogP contribution in [0, 0.1) is 46.3 Å². The zero-order valence-corrected chi connectivity index (χ0v) is 23.7. The molecule has 2 aliphatic heterocycles. The number of carbonyl (C=O) groups is 2. The minimum absolute atomic E-state index is 0.115. The Kier molecular flexibility index (Phi) is 6.42. The first kappa shape index (κ1) is 26.6. The molecule has 0 radical (unpaired) electrons. The van der Waals surface area contributed by atoms with E-state index in [1.54, 1.807) is 0 Å². The lowest BCUT2D eigenvalue weighted by atomic mass is 9.47. The van der Waals surface area contributed by atoms with E-state index in [2.05, 4.69) is 40.3 Å². The first-order valence-electron chi connectivity index (χ1n) is 15.1. The summed E-state index contributed by atoms with van der Waals surface area (Å²) in [6, 6.07) is 0. The monoisotopic (exact) mass is 526 g/mol. The first-order chi connectivity index (χ1) is 18.0. The summed E-state index contributed by atoms with van der Waals surface area (Å²) in [5.41, 5.74) is 1.80. The van der Waals surface area contributed by atoms with Crippen molar-refractivity contribution >= 4 is 11.9 Å². The molecular formula is C32H46O6. The zero-order chi connectivity index (χ0) is 27.0. The Labute approximate surface area is 227 Å². The molecule has 3 saturated carbocycles. The fraction of sp³-hybridized carbons (Fsp3) is 0.812. The molecule has 4 aliphatic carbocycles. The Morgan fingerprint density at radius 1 is 1.13 bits per heavy atom. The summed E-state index contributed by atoms with van der Waals surface area (Å²) in [4.78, 5) is 23.4. The molecule has 5 fully saturated rings. The number of aliphatic carboxylic acids is 1. The minimum Gasteiger partial charge on any atom is -0.478 e. The maximum Gasteiger partial charge on any atom is 0.331 e. The zero-order valence-electron chi connectivity index (χ0n) is 23.7. The average molecular weight is 527 g/mol. The van der Waals surface area contributed by atoms with Crippen LogP contribution in [0.15, 0.2) is 23.8 Å². The van der Waals surface area contributed by atoms with Crippen molar-refractivity contribution in [2.24, 2.45) is 46.3 Å². The molecule has 0 bridgehead atoms. The van der Waals surface area contributed by atoms with Crippen molar-refractivity contribution in [3.63, 3.8) is 0 Å².